The van der Waals surface area contributed by atoms with Gasteiger partial charge in [-0.15, -0.1) is 0 Å². The van der Waals surface area contributed by atoms with Crippen LogP contribution >= 0.6 is 0 Å². The molecule has 0 heteroatoms. The second-order valence-electron chi connectivity index (χ2n) is 4.24. The van der Waals surface area contributed by atoms with Crippen molar-refractivity contribution in [1.82, 2.24) is 0 Å². The molecule has 176 valence electrons. The summed E-state index contributed by atoms with van der Waals surface area (Å²) in [6.45, 7) is 41.5. The van der Waals surface area contributed by atoms with Gasteiger partial charge in [-0.05, 0) is 0 Å². The molecule has 0 fully saturated rings. The number of rotatable bonds is 0. The van der Waals surface area contributed by atoms with Crippen LogP contribution in [-0.4, -0.2) is 0 Å². The lowest BCUT2D eigenvalue weighted by Crippen LogP contribution is -1.27. The summed E-state index contributed by atoms with van der Waals surface area (Å²) >= 11 is 0. The molecule has 0 rings (SSSR count). The second kappa shape index (κ2) is 400. The van der Waals surface area contributed by atoms with Gasteiger partial charge in [-0.3, -0.25) is 0 Å². The van der Waals surface area contributed by atoms with Crippen LogP contribution < -0.4 is 0 Å². The zero-order chi connectivity index (χ0) is 24.2. The van der Waals surface area contributed by atoms with E-state index in [-0.39, 0.29) is 0 Å². The Bertz CT molecular complexity index is 15.5. The molecule has 0 nitrogen and oxygen atoms in total. The van der Waals surface area contributed by atoms with E-state index in [1.54, 1.807) is 0 Å². The average Bonchev–Trinajstić information content (AvgIpc) is 2.65. The van der Waals surface area contributed by atoms with Gasteiger partial charge in [0.05, 0.1) is 0 Å². The van der Waals surface area contributed by atoms with Crippen molar-refractivity contribution in [1.29, 1.82) is 0 Å². The van der Waals surface area contributed by atoms with Gasteiger partial charge in [0.2, 0.25) is 0 Å². The molecule has 0 atom stereocenters. The molecule has 0 saturated carbocycles. The third-order valence-corrected chi connectivity index (χ3v) is 0. The molecule has 0 aliphatic heterocycles. The Morgan fingerprint density at radius 2 is 0.192 bits per heavy atom. The highest BCUT2D eigenvalue weighted by Crippen LogP contribution is 1.57. The Kier molecular flexibility index (Phi) is 977. The van der Waals surface area contributed by atoms with Gasteiger partial charge < -0.3 is 0 Å². The summed E-state index contributed by atoms with van der Waals surface area (Å²) in [6.07, 6.45) is 7.50. The molecule has 0 bridgehead atoms. The molecular formula is C26H72. The van der Waals surface area contributed by atoms with Gasteiger partial charge in [0, 0.05) is 0 Å². The molecule has 0 N–H and O–H groups in total. The molecule has 0 aromatic heterocycles. The molecular weight excluding hydrogens is 312 g/mol. The van der Waals surface area contributed by atoms with Crippen LogP contribution in [0.3, 0.4) is 0 Å². The van der Waals surface area contributed by atoms with Gasteiger partial charge in [-0.2, -0.15) is 0 Å². The lowest BCUT2D eigenvalue weighted by atomic mass is 10.6. The average molecular weight is 385 g/mol. The Morgan fingerprint density at radius 3 is 0.192 bits per heavy atom. The van der Waals surface area contributed by atoms with E-state index in [0.717, 1.165) is 0 Å². The zero-order valence-electron chi connectivity index (χ0n) is 24.2. The summed E-state index contributed by atoms with van der Waals surface area (Å²) in [6, 6.07) is 0. The third-order valence-electron chi connectivity index (χ3n) is 0. The highest BCUT2D eigenvalue weighted by Gasteiger charge is 1.37. The van der Waals surface area contributed by atoms with E-state index in [1.165, 1.54) is 38.5 Å². The minimum absolute atomic E-state index is 1.25. The maximum atomic E-state index is 2.12. The first-order valence-corrected chi connectivity index (χ1v) is 12.5. The van der Waals surface area contributed by atoms with Crippen LogP contribution in [0.2, 0.25) is 0 Å². The van der Waals surface area contributed by atoms with Crippen LogP contribution in [0.4, 0.5) is 0 Å². The molecule has 0 spiro atoms. The number of hydrogen-bond donors (Lipinski definition) is 0. The van der Waals surface area contributed by atoms with Crippen molar-refractivity contribution < 1.29 is 0 Å². The van der Waals surface area contributed by atoms with E-state index < -0.39 is 0 Å². The van der Waals surface area contributed by atoms with Crippen molar-refractivity contribution in [2.75, 3.05) is 0 Å². The fourth-order valence-electron chi connectivity index (χ4n) is 0. The standard InChI is InChI=1S/6C3H8.4C2H6/c6*1-3-2;4*1-2/h6*3H2,1-2H3;4*1-2H3. The summed E-state index contributed by atoms with van der Waals surface area (Å²) in [5.74, 6) is 0. The van der Waals surface area contributed by atoms with E-state index in [1.807, 2.05) is 55.4 Å². The molecule has 0 radical (unpaired) electrons. The summed E-state index contributed by atoms with van der Waals surface area (Å²) in [4.78, 5) is 0. The Labute approximate surface area is 177 Å². The smallest absolute Gasteiger partial charge is 0.0590 e. The van der Waals surface area contributed by atoms with Crippen LogP contribution in [0.25, 0.3) is 0 Å². The van der Waals surface area contributed by atoms with Crippen LogP contribution in [0.15, 0.2) is 0 Å². The first kappa shape index (κ1) is 63.5. The third kappa shape index (κ3) is 0. The normalized spacial score (nSPS) is 5.08. The minimum atomic E-state index is 1.25. The van der Waals surface area contributed by atoms with Gasteiger partial charge in [0.25, 0.3) is 0 Å². The molecule has 0 aromatic rings. The molecule has 26 heavy (non-hydrogen) atoms. The number of hydrogen-bond acceptors (Lipinski definition) is 0. The summed E-state index contributed by atoms with van der Waals surface area (Å²) < 4.78 is 0. The van der Waals surface area contributed by atoms with Gasteiger partial charge >= 0.3 is 0 Å². The van der Waals surface area contributed by atoms with Crippen LogP contribution in [0, 0.1) is 0 Å². The van der Waals surface area contributed by atoms with E-state index in [9.17, 15) is 0 Å². The maximum Gasteiger partial charge on any atom is -0.0590 e. The lowest BCUT2D eigenvalue weighted by Gasteiger charge is -1.48. The molecule has 0 unspecified atom stereocenters. The highest BCUT2D eigenvalue weighted by molar-refractivity contribution is 3.93. The van der Waals surface area contributed by atoms with Gasteiger partial charge in [0.15, 0.2) is 0 Å². The van der Waals surface area contributed by atoms with Crippen molar-refractivity contribution in [3.63, 3.8) is 0 Å². The predicted octanol–water partition coefficient (Wildman–Crippen LogP) is 12.6. The van der Waals surface area contributed by atoms with E-state index in [0.29, 0.717) is 0 Å². The van der Waals surface area contributed by atoms with Gasteiger partial charge in [-0.25, -0.2) is 0 Å². The summed E-state index contributed by atoms with van der Waals surface area (Å²) in [5.41, 5.74) is 0. The van der Waals surface area contributed by atoms with Crippen molar-refractivity contribution in [3.05, 3.63) is 0 Å². The minimum Gasteiger partial charge on any atom is -0.0683 e. The quantitative estimate of drug-likeness (QED) is 0.389. The van der Waals surface area contributed by atoms with Crippen molar-refractivity contribution in [2.24, 2.45) is 0 Å². The predicted molar refractivity (Wildman–Crippen MR) is 141 cm³/mol. The fraction of sp³-hybridized carbons (Fsp3) is 1.00. The monoisotopic (exact) mass is 385 g/mol. The first-order valence-electron chi connectivity index (χ1n) is 12.5. The van der Waals surface area contributed by atoms with E-state index >= 15 is 0 Å². The van der Waals surface area contributed by atoms with Crippen molar-refractivity contribution in [3.8, 4) is 0 Å². The first-order chi connectivity index (χ1) is 12.5. The molecule has 0 aliphatic rings. The van der Waals surface area contributed by atoms with Crippen molar-refractivity contribution in [2.45, 2.75) is 177 Å². The Morgan fingerprint density at radius 1 is 0.192 bits per heavy atom. The molecule has 0 aliphatic carbocycles. The molecule has 0 heterocycles. The lowest BCUT2D eigenvalue weighted by molar-refractivity contribution is 1.09. The Hall–Kier alpha value is 0. The van der Waals surface area contributed by atoms with E-state index in [4.69, 9.17) is 0 Å². The van der Waals surface area contributed by atoms with Crippen molar-refractivity contribution >= 4 is 0 Å². The second-order valence-corrected chi connectivity index (χ2v) is 4.24. The fourth-order valence-corrected chi connectivity index (χ4v) is 0. The summed E-state index contributed by atoms with van der Waals surface area (Å²) in [5, 5.41) is 0. The van der Waals surface area contributed by atoms with Gasteiger partial charge in [0.1, 0.15) is 0 Å². The topological polar surface area (TPSA) is 0 Å². The van der Waals surface area contributed by atoms with Crippen LogP contribution in [0.5, 0.6) is 0 Å². The summed E-state index contributed by atoms with van der Waals surface area (Å²) in [7, 11) is 0. The highest BCUT2D eigenvalue weighted by atomic mass is 13.4. The molecule has 0 saturated heterocycles. The van der Waals surface area contributed by atoms with Gasteiger partial charge in [-0.1, -0.05) is 177 Å². The SMILES string of the molecule is CC.CC.CC.CC.CCC.CCC.CCC.CCC.CCC.CCC. The molecule has 0 aromatic carbocycles. The maximum absolute atomic E-state index is 2.12. The molecule has 0 amide bonds. The zero-order valence-corrected chi connectivity index (χ0v) is 24.2. The van der Waals surface area contributed by atoms with E-state index in [2.05, 4.69) is 83.1 Å². The Balaban J connectivity index is -0.0000000138. The van der Waals surface area contributed by atoms with Crippen LogP contribution in [0.1, 0.15) is 177 Å². The van der Waals surface area contributed by atoms with Crippen LogP contribution in [-0.2, 0) is 0 Å². The largest absolute Gasteiger partial charge is 0.0683 e.